The molecule has 1 N–H and O–H groups in total. The van der Waals surface area contributed by atoms with Gasteiger partial charge in [-0.25, -0.2) is 4.39 Å². The van der Waals surface area contributed by atoms with Crippen LogP contribution in [0.1, 0.15) is 37.7 Å². The van der Waals surface area contributed by atoms with Crippen LogP contribution in [0.3, 0.4) is 0 Å². The van der Waals surface area contributed by atoms with Crippen LogP contribution in [0.25, 0.3) is 5.69 Å². The first-order valence-corrected chi connectivity index (χ1v) is 9.33. The summed E-state index contributed by atoms with van der Waals surface area (Å²) in [4.78, 5) is 26.3. The van der Waals surface area contributed by atoms with E-state index in [0.29, 0.717) is 17.7 Å². The molecular weight excluding hydrogens is 369 g/mol. The zero-order chi connectivity index (χ0) is 21.1. The predicted octanol–water partition coefficient (Wildman–Crippen LogP) is 3.87. The number of benzene rings is 2. The SMILES string of the molecule is CNC(=O)c1ccc(CN(C)C(=O)c2cc(C)n(-c3ccc(F)cc3)c2C)cc1. The number of amides is 2. The molecule has 0 unspecified atom stereocenters. The topological polar surface area (TPSA) is 54.3 Å². The van der Waals surface area contributed by atoms with Gasteiger partial charge in [-0.05, 0) is 61.9 Å². The van der Waals surface area contributed by atoms with Crippen molar-refractivity contribution >= 4 is 11.8 Å². The van der Waals surface area contributed by atoms with Gasteiger partial charge >= 0.3 is 0 Å². The smallest absolute Gasteiger partial charge is 0.255 e. The van der Waals surface area contributed by atoms with Crippen LogP contribution >= 0.6 is 0 Å². The number of rotatable bonds is 5. The number of nitrogens with zero attached hydrogens (tertiary/aromatic N) is 2. The Morgan fingerprint density at radius 1 is 1.03 bits per heavy atom. The Morgan fingerprint density at radius 3 is 2.24 bits per heavy atom. The van der Waals surface area contributed by atoms with E-state index in [1.165, 1.54) is 12.1 Å². The summed E-state index contributed by atoms with van der Waals surface area (Å²) in [5, 5.41) is 2.58. The maximum Gasteiger partial charge on any atom is 0.255 e. The molecule has 150 valence electrons. The maximum absolute atomic E-state index is 13.2. The summed E-state index contributed by atoms with van der Waals surface area (Å²) in [5.41, 5.74) is 4.64. The Hall–Kier alpha value is -3.41. The number of aryl methyl sites for hydroxylation is 1. The van der Waals surface area contributed by atoms with E-state index in [9.17, 15) is 14.0 Å². The van der Waals surface area contributed by atoms with Gasteiger partial charge < -0.3 is 14.8 Å². The van der Waals surface area contributed by atoms with Crippen LogP contribution in [-0.2, 0) is 6.54 Å². The van der Waals surface area contributed by atoms with Crippen molar-refractivity contribution in [3.63, 3.8) is 0 Å². The Morgan fingerprint density at radius 2 is 1.66 bits per heavy atom. The second-order valence-corrected chi connectivity index (χ2v) is 7.03. The predicted molar refractivity (Wildman–Crippen MR) is 111 cm³/mol. The summed E-state index contributed by atoms with van der Waals surface area (Å²) in [7, 11) is 3.34. The van der Waals surface area contributed by atoms with Crippen LogP contribution in [0.4, 0.5) is 4.39 Å². The number of carbonyl (C=O) groups excluding carboxylic acids is 2. The van der Waals surface area contributed by atoms with E-state index in [1.807, 2.05) is 36.6 Å². The second kappa shape index (κ2) is 8.31. The molecule has 0 aliphatic rings. The molecule has 1 aromatic heterocycles. The highest BCUT2D eigenvalue weighted by Crippen LogP contribution is 2.22. The Balaban J connectivity index is 1.80. The average molecular weight is 393 g/mol. The molecule has 2 amide bonds. The lowest BCUT2D eigenvalue weighted by Crippen LogP contribution is -2.26. The van der Waals surface area contributed by atoms with Gasteiger partial charge in [0.2, 0.25) is 0 Å². The second-order valence-electron chi connectivity index (χ2n) is 7.03. The minimum Gasteiger partial charge on any atom is -0.355 e. The molecule has 0 spiro atoms. The fraction of sp³-hybridized carbons (Fsp3) is 0.217. The van der Waals surface area contributed by atoms with Gasteiger partial charge in [-0.15, -0.1) is 0 Å². The molecule has 0 radical (unpaired) electrons. The minimum atomic E-state index is -0.297. The van der Waals surface area contributed by atoms with E-state index in [0.717, 1.165) is 22.6 Å². The summed E-state index contributed by atoms with van der Waals surface area (Å²) in [6.45, 7) is 4.23. The van der Waals surface area contributed by atoms with Crippen LogP contribution < -0.4 is 5.32 Å². The number of hydrogen-bond donors (Lipinski definition) is 1. The van der Waals surface area contributed by atoms with Gasteiger partial charge in [0.05, 0.1) is 5.56 Å². The highest BCUT2D eigenvalue weighted by atomic mass is 19.1. The summed E-state index contributed by atoms with van der Waals surface area (Å²) in [6, 6.07) is 15.2. The number of nitrogens with one attached hydrogen (secondary N) is 1. The van der Waals surface area contributed by atoms with E-state index in [2.05, 4.69) is 5.32 Å². The molecule has 0 aliphatic heterocycles. The van der Waals surface area contributed by atoms with E-state index in [-0.39, 0.29) is 17.6 Å². The third kappa shape index (κ3) is 4.21. The van der Waals surface area contributed by atoms with Crippen molar-refractivity contribution < 1.29 is 14.0 Å². The van der Waals surface area contributed by atoms with Gasteiger partial charge in [0.15, 0.2) is 0 Å². The molecular formula is C23H24FN3O2. The molecule has 5 nitrogen and oxygen atoms in total. The van der Waals surface area contributed by atoms with Crippen LogP contribution in [0.5, 0.6) is 0 Å². The van der Waals surface area contributed by atoms with E-state index in [1.54, 1.807) is 43.3 Å². The normalized spacial score (nSPS) is 10.7. The van der Waals surface area contributed by atoms with E-state index < -0.39 is 0 Å². The Kier molecular flexibility index (Phi) is 5.82. The molecule has 29 heavy (non-hydrogen) atoms. The standard InChI is InChI=1S/C23H24FN3O2/c1-15-13-21(16(2)27(15)20-11-9-19(24)10-12-20)23(29)26(4)14-17-5-7-18(8-6-17)22(28)25-3/h5-13H,14H2,1-4H3,(H,25,28). The van der Waals surface area contributed by atoms with Crippen molar-refractivity contribution in [2.24, 2.45) is 0 Å². The fourth-order valence-corrected chi connectivity index (χ4v) is 3.42. The molecule has 3 rings (SSSR count). The monoisotopic (exact) mass is 393 g/mol. The van der Waals surface area contributed by atoms with Crippen LogP contribution in [-0.4, -0.2) is 35.4 Å². The third-order valence-corrected chi connectivity index (χ3v) is 4.96. The van der Waals surface area contributed by atoms with Crippen molar-refractivity contribution in [1.29, 1.82) is 0 Å². The number of halogens is 1. The summed E-state index contributed by atoms with van der Waals surface area (Å²) in [5.74, 6) is -0.536. The lowest BCUT2D eigenvalue weighted by Gasteiger charge is -2.18. The Bertz CT molecular complexity index is 1040. The molecule has 3 aromatic rings. The summed E-state index contributed by atoms with van der Waals surface area (Å²) in [6.07, 6.45) is 0. The molecule has 0 saturated carbocycles. The van der Waals surface area contributed by atoms with Crippen molar-refractivity contribution in [3.05, 3.63) is 88.5 Å². The molecule has 0 bridgehead atoms. The first kappa shape index (κ1) is 20.3. The summed E-state index contributed by atoms with van der Waals surface area (Å²) >= 11 is 0. The number of carbonyl (C=O) groups is 2. The molecule has 0 saturated heterocycles. The lowest BCUT2D eigenvalue weighted by molar-refractivity contribution is 0.0784. The van der Waals surface area contributed by atoms with Gasteiger partial charge in [-0.3, -0.25) is 9.59 Å². The first-order chi connectivity index (χ1) is 13.8. The van der Waals surface area contributed by atoms with Crippen molar-refractivity contribution in [3.8, 4) is 5.69 Å². The maximum atomic E-state index is 13.2. The highest BCUT2D eigenvalue weighted by Gasteiger charge is 2.20. The quantitative estimate of drug-likeness (QED) is 0.716. The third-order valence-electron chi connectivity index (χ3n) is 4.96. The van der Waals surface area contributed by atoms with E-state index >= 15 is 0 Å². The average Bonchev–Trinajstić information content (AvgIpc) is 3.02. The van der Waals surface area contributed by atoms with Crippen molar-refractivity contribution in [2.75, 3.05) is 14.1 Å². The minimum absolute atomic E-state index is 0.0955. The van der Waals surface area contributed by atoms with Gasteiger partial charge in [0, 0.05) is 43.3 Å². The molecule has 0 aliphatic carbocycles. The Labute approximate surface area is 169 Å². The molecule has 0 atom stereocenters. The van der Waals surface area contributed by atoms with E-state index in [4.69, 9.17) is 0 Å². The first-order valence-electron chi connectivity index (χ1n) is 9.33. The summed E-state index contributed by atoms with van der Waals surface area (Å²) < 4.78 is 15.2. The largest absolute Gasteiger partial charge is 0.355 e. The van der Waals surface area contributed by atoms with Crippen molar-refractivity contribution in [1.82, 2.24) is 14.8 Å². The molecule has 1 heterocycles. The highest BCUT2D eigenvalue weighted by molar-refractivity contribution is 5.96. The van der Waals surface area contributed by atoms with Gasteiger partial charge in [-0.1, -0.05) is 12.1 Å². The zero-order valence-corrected chi connectivity index (χ0v) is 17.0. The molecule has 6 heteroatoms. The number of aromatic nitrogens is 1. The van der Waals surface area contributed by atoms with Gasteiger partial charge in [0.25, 0.3) is 11.8 Å². The van der Waals surface area contributed by atoms with Gasteiger partial charge in [0.1, 0.15) is 5.82 Å². The van der Waals surface area contributed by atoms with Crippen LogP contribution in [0.2, 0.25) is 0 Å². The fourth-order valence-electron chi connectivity index (χ4n) is 3.42. The van der Waals surface area contributed by atoms with Gasteiger partial charge in [-0.2, -0.15) is 0 Å². The van der Waals surface area contributed by atoms with Crippen molar-refractivity contribution in [2.45, 2.75) is 20.4 Å². The zero-order valence-electron chi connectivity index (χ0n) is 17.0. The lowest BCUT2D eigenvalue weighted by atomic mass is 10.1. The van der Waals surface area contributed by atoms with Crippen LogP contribution in [0.15, 0.2) is 54.6 Å². The van der Waals surface area contributed by atoms with Crippen LogP contribution in [0, 0.1) is 19.7 Å². The molecule has 2 aromatic carbocycles. The number of hydrogen-bond acceptors (Lipinski definition) is 2. The molecule has 0 fully saturated rings.